The Kier molecular flexibility index (Phi) is 1.99. The van der Waals surface area contributed by atoms with E-state index in [-0.39, 0.29) is 6.10 Å². The zero-order chi connectivity index (χ0) is 7.68. The second kappa shape index (κ2) is 2.98. The van der Waals surface area contributed by atoms with Crippen molar-refractivity contribution in [2.45, 2.75) is 44.6 Å². The molecule has 2 aliphatic rings. The molecule has 0 amide bonds. The van der Waals surface area contributed by atoms with Gasteiger partial charge < -0.3 is 5.11 Å². The molecule has 0 bridgehead atoms. The molecule has 1 fully saturated rings. The number of hydrogen-bond donors (Lipinski definition) is 1. The molecule has 0 aromatic heterocycles. The van der Waals surface area contributed by atoms with Crippen LogP contribution in [0.1, 0.15) is 38.5 Å². The number of allylic oxidation sites excluding steroid dienone is 1. The smallest absolute Gasteiger partial charge is 0.0723 e. The van der Waals surface area contributed by atoms with Crippen LogP contribution in [-0.4, -0.2) is 11.2 Å². The van der Waals surface area contributed by atoms with E-state index in [1.165, 1.54) is 32.1 Å². The molecular formula is C10H16O. The summed E-state index contributed by atoms with van der Waals surface area (Å²) in [5, 5.41) is 9.37. The molecule has 0 heterocycles. The first-order valence-electron chi connectivity index (χ1n) is 4.75. The first-order chi connectivity index (χ1) is 5.36. The third-order valence-electron chi connectivity index (χ3n) is 3.01. The van der Waals surface area contributed by atoms with Gasteiger partial charge in [-0.3, -0.25) is 0 Å². The Morgan fingerprint density at radius 3 is 3.00 bits per heavy atom. The SMILES string of the molecule is O[C@@H]1C=C2CCCC[C@H]2CC1. The number of rotatable bonds is 0. The van der Waals surface area contributed by atoms with E-state index in [1.807, 2.05) is 0 Å². The Morgan fingerprint density at radius 2 is 2.09 bits per heavy atom. The van der Waals surface area contributed by atoms with Crippen LogP contribution in [0.4, 0.5) is 0 Å². The highest BCUT2D eigenvalue weighted by Gasteiger charge is 2.23. The van der Waals surface area contributed by atoms with Crippen LogP contribution in [-0.2, 0) is 0 Å². The highest BCUT2D eigenvalue weighted by molar-refractivity contribution is 5.14. The van der Waals surface area contributed by atoms with Gasteiger partial charge in [-0.05, 0) is 38.0 Å². The van der Waals surface area contributed by atoms with E-state index < -0.39 is 0 Å². The zero-order valence-corrected chi connectivity index (χ0v) is 6.92. The quantitative estimate of drug-likeness (QED) is 0.528. The van der Waals surface area contributed by atoms with E-state index in [9.17, 15) is 5.11 Å². The zero-order valence-electron chi connectivity index (χ0n) is 6.92. The van der Waals surface area contributed by atoms with Crippen LogP contribution in [0.5, 0.6) is 0 Å². The van der Waals surface area contributed by atoms with Gasteiger partial charge in [0, 0.05) is 0 Å². The predicted octanol–water partition coefficient (Wildman–Crippen LogP) is 2.26. The van der Waals surface area contributed by atoms with Crippen molar-refractivity contribution >= 4 is 0 Å². The maximum Gasteiger partial charge on any atom is 0.0723 e. The molecule has 11 heavy (non-hydrogen) atoms. The second-order valence-electron chi connectivity index (χ2n) is 3.83. The molecule has 1 saturated carbocycles. The Hall–Kier alpha value is -0.300. The maximum atomic E-state index is 9.37. The number of fused-ring (bicyclic) bond motifs is 1. The lowest BCUT2D eigenvalue weighted by atomic mass is 9.77. The van der Waals surface area contributed by atoms with Crippen molar-refractivity contribution in [2.75, 3.05) is 0 Å². The van der Waals surface area contributed by atoms with Gasteiger partial charge in [-0.2, -0.15) is 0 Å². The van der Waals surface area contributed by atoms with E-state index in [2.05, 4.69) is 6.08 Å². The summed E-state index contributed by atoms with van der Waals surface area (Å²) in [5.74, 6) is 0.840. The number of aliphatic hydroxyl groups is 1. The lowest BCUT2D eigenvalue weighted by Gasteiger charge is -2.30. The first-order valence-corrected chi connectivity index (χ1v) is 4.75. The lowest BCUT2D eigenvalue weighted by Crippen LogP contribution is -2.20. The van der Waals surface area contributed by atoms with Crippen molar-refractivity contribution < 1.29 is 5.11 Å². The maximum absolute atomic E-state index is 9.37. The molecule has 62 valence electrons. The second-order valence-corrected chi connectivity index (χ2v) is 3.83. The predicted molar refractivity (Wildman–Crippen MR) is 45.3 cm³/mol. The number of hydrogen-bond acceptors (Lipinski definition) is 1. The van der Waals surface area contributed by atoms with E-state index in [1.54, 1.807) is 5.57 Å². The van der Waals surface area contributed by atoms with Crippen molar-refractivity contribution in [3.05, 3.63) is 11.6 Å². The summed E-state index contributed by atoms with van der Waals surface area (Å²) >= 11 is 0. The summed E-state index contributed by atoms with van der Waals surface area (Å²) in [6.45, 7) is 0. The van der Waals surface area contributed by atoms with Crippen LogP contribution in [0, 0.1) is 5.92 Å². The third-order valence-corrected chi connectivity index (χ3v) is 3.01. The first kappa shape index (κ1) is 7.35. The van der Waals surface area contributed by atoms with Crippen LogP contribution >= 0.6 is 0 Å². The van der Waals surface area contributed by atoms with Gasteiger partial charge in [0.05, 0.1) is 6.10 Å². The highest BCUT2D eigenvalue weighted by Crippen LogP contribution is 2.36. The molecule has 1 heteroatoms. The van der Waals surface area contributed by atoms with E-state index in [4.69, 9.17) is 0 Å². The van der Waals surface area contributed by atoms with Crippen molar-refractivity contribution in [3.8, 4) is 0 Å². The molecular weight excluding hydrogens is 136 g/mol. The summed E-state index contributed by atoms with van der Waals surface area (Å²) in [6.07, 6.45) is 9.57. The fraction of sp³-hybridized carbons (Fsp3) is 0.800. The summed E-state index contributed by atoms with van der Waals surface area (Å²) in [4.78, 5) is 0. The van der Waals surface area contributed by atoms with Gasteiger partial charge in [-0.25, -0.2) is 0 Å². The summed E-state index contributed by atoms with van der Waals surface area (Å²) in [7, 11) is 0. The van der Waals surface area contributed by atoms with E-state index in [0.29, 0.717) is 0 Å². The molecule has 0 unspecified atom stereocenters. The van der Waals surface area contributed by atoms with Gasteiger partial charge in [-0.1, -0.05) is 18.1 Å². The molecule has 2 aliphatic carbocycles. The van der Waals surface area contributed by atoms with Crippen LogP contribution in [0.2, 0.25) is 0 Å². The van der Waals surface area contributed by atoms with Crippen molar-refractivity contribution in [2.24, 2.45) is 5.92 Å². The largest absolute Gasteiger partial charge is 0.389 e. The minimum absolute atomic E-state index is 0.126. The molecule has 0 aromatic carbocycles. The van der Waals surface area contributed by atoms with Gasteiger partial charge in [0.2, 0.25) is 0 Å². The average molecular weight is 152 g/mol. The summed E-state index contributed by atoms with van der Waals surface area (Å²) in [5.41, 5.74) is 1.55. The molecule has 1 N–H and O–H groups in total. The van der Waals surface area contributed by atoms with Crippen LogP contribution in [0.15, 0.2) is 11.6 Å². The molecule has 0 spiro atoms. The third kappa shape index (κ3) is 1.48. The minimum Gasteiger partial charge on any atom is -0.389 e. The van der Waals surface area contributed by atoms with Gasteiger partial charge in [-0.15, -0.1) is 0 Å². The van der Waals surface area contributed by atoms with Gasteiger partial charge in [0.1, 0.15) is 0 Å². The van der Waals surface area contributed by atoms with E-state index in [0.717, 1.165) is 12.3 Å². The monoisotopic (exact) mass is 152 g/mol. The van der Waals surface area contributed by atoms with Gasteiger partial charge in [0.15, 0.2) is 0 Å². The molecule has 0 saturated heterocycles. The number of aliphatic hydroxyl groups excluding tert-OH is 1. The van der Waals surface area contributed by atoms with Crippen LogP contribution < -0.4 is 0 Å². The van der Waals surface area contributed by atoms with Crippen molar-refractivity contribution in [3.63, 3.8) is 0 Å². The Morgan fingerprint density at radius 1 is 1.18 bits per heavy atom. The summed E-state index contributed by atoms with van der Waals surface area (Å²) < 4.78 is 0. The molecule has 1 nitrogen and oxygen atoms in total. The lowest BCUT2D eigenvalue weighted by molar-refractivity contribution is 0.184. The van der Waals surface area contributed by atoms with Gasteiger partial charge in [0.25, 0.3) is 0 Å². The topological polar surface area (TPSA) is 20.2 Å². The van der Waals surface area contributed by atoms with Gasteiger partial charge >= 0.3 is 0 Å². The summed E-state index contributed by atoms with van der Waals surface area (Å²) in [6, 6.07) is 0. The normalized spacial score (nSPS) is 37.7. The Balaban J connectivity index is 2.10. The standard InChI is InChI=1S/C10H16O/c11-10-6-5-8-3-1-2-4-9(8)7-10/h7-8,10-11H,1-6H2/t8-,10-/m0/s1. The van der Waals surface area contributed by atoms with Crippen molar-refractivity contribution in [1.29, 1.82) is 0 Å². The Labute approximate surface area is 68.1 Å². The molecule has 0 aliphatic heterocycles. The van der Waals surface area contributed by atoms with Crippen molar-refractivity contribution in [1.82, 2.24) is 0 Å². The van der Waals surface area contributed by atoms with Crippen LogP contribution in [0.3, 0.4) is 0 Å². The molecule has 0 aromatic rings. The fourth-order valence-electron chi connectivity index (χ4n) is 2.36. The van der Waals surface area contributed by atoms with Crippen LogP contribution in [0.25, 0.3) is 0 Å². The molecule has 2 rings (SSSR count). The van der Waals surface area contributed by atoms with E-state index >= 15 is 0 Å². The molecule has 0 radical (unpaired) electrons. The fourth-order valence-corrected chi connectivity index (χ4v) is 2.36. The average Bonchev–Trinajstić information content (AvgIpc) is 2.04. The highest BCUT2D eigenvalue weighted by atomic mass is 16.3. The Bertz CT molecular complexity index is 172. The molecule has 2 atom stereocenters. The minimum atomic E-state index is -0.126.